The minimum absolute atomic E-state index is 0.0409. The number of hydrogen-bond acceptors (Lipinski definition) is 7. The normalized spacial score (nSPS) is 29.1. The highest BCUT2D eigenvalue weighted by Gasteiger charge is 2.56. The molecule has 164 valence electrons. The molecule has 0 amide bonds. The number of rotatable bonds is 10. The molecular formula is C23H30O7. The lowest BCUT2D eigenvalue weighted by Crippen LogP contribution is -2.68. The van der Waals surface area contributed by atoms with Crippen molar-refractivity contribution in [2.24, 2.45) is 0 Å². The fourth-order valence-corrected chi connectivity index (χ4v) is 3.59. The van der Waals surface area contributed by atoms with E-state index >= 15 is 0 Å². The molecule has 1 N–H and O–H groups in total. The van der Waals surface area contributed by atoms with Crippen LogP contribution in [-0.2, 0) is 41.6 Å². The highest BCUT2D eigenvalue weighted by atomic mass is 16.8. The van der Waals surface area contributed by atoms with Gasteiger partial charge in [0.05, 0.1) is 13.2 Å². The van der Waals surface area contributed by atoms with E-state index in [0.29, 0.717) is 13.2 Å². The summed E-state index contributed by atoms with van der Waals surface area (Å²) in [5.41, 5.74) is 1.99. The van der Waals surface area contributed by atoms with Crippen molar-refractivity contribution in [3.8, 4) is 0 Å². The van der Waals surface area contributed by atoms with Gasteiger partial charge >= 0.3 is 0 Å². The van der Waals surface area contributed by atoms with E-state index in [-0.39, 0.29) is 6.61 Å². The minimum Gasteiger partial charge on any atom is -0.387 e. The maximum absolute atomic E-state index is 11.0. The second kappa shape index (κ2) is 11.0. The maximum Gasteiger partial charge on any atom is 0.223 e. The molecule has 7 heteroatoms. The molecule has 30 heavy (non-hydrogen) atoms. The summed E-state index contributed by atoms with van der Waals surface area (Å²) in [7, 11) is 4.47. The average Bonchev–Trinajstić information content (AvgIpc) is 2.79. The fourth-order valence-electron chi connectivity index (χ4n) is 3.59. The largest absolute Gasteiger partial charge is 0.387 e. The van der Waals surface area contributed by atoms with Crippen LogP contribution in [0.1, 0.15) is 11.1 Å². The number of ether oxygens (including phenoxy) is 6. The zero-order valence-electron chi connectivity index (χ0n) is 17.6. The Morgan fingerprint density at radius 1 is 0.867 bits per heavy atom. The first-order valence-electron chi connectivity index (χ1n) is 9.87. The predicted molar refractivity (Wildman–Crippen MR) is 110 cm³/mol. The summed E-state index contributed by atoms with van der Waals surface area (Å²) in [4.78, 5) is 0. The van der Waals surface area contributed by atoms with Crippen LogP contribution in [0.3, 0.4) is 0 Å². The van der Waals surface area contributed by atoms with Crippen LogP contribution in [0.25, 0.3) is 0 Å². The molecule has 3 rings (SSSR count). The van der Waals surface area contributed by atoms with Gasteiger partial charge in [-0.3, -0.25) is 0 Å². The van der Waals surface area contributed by atoms with Crippen molar-refractivity contribution >= 4 is 0 Å². The molecule has 0 bridgehead atoms. The molecule has 1 aliphatic heterocycles. The second-order valence-electron chi connectivity index (χ2n) is 7.12. The van der Waals surface area contributed by atoms with E-state index in [1.165, 1.54) is 21.3 Å². The highest BCUT2D eigenvalue weighted by Crippen LogP contribution is 2.35. The van der Waals surface area contributed by atoms with E-state index in [2.05, 4.69) is 0 Å². The van der Waals surface area contributed by atoms with Crippen molar-refractivity contribution in [2.45, 2.75) is 43.6 Å². The van der Waals surface area contributed by atoms with Crippen LogP contribution >= 0.6 is 0 Å². The molecule has 0 spiro atoms. The molecule has 0 unspecified atom stereocenters. The molecular weight excluding hydrogens is 388 g/mol. The van der Waals surface area contributed by atoms with Gasteiger partial charge in [0.25, 0.3) is 0 Å². The monoisotopic (exact) mass is 418 g/mol. The van der Waals surface area contributed by atoms with E-state index in [4.69, 9.17) is 28.4 Å². The van der Waals surface area contributed by atoms with Crippen molar-refractivity contribution in [3.63, 3.8) is 0 Å². The van der Waals surface area contributed by atoms with Crippen molar-refractivity contribution < 1.29 is 33.5 Å². The third kappa shape index (κ3) is 5.25. The average molecular weight is 418 g/mol. The number of benzene rings is 2. The first-order valence-corrected chi connectivity index (χ1v) is 9.87. The standard InChI is InChI=1S/C23H30O7/c1-25-21-19(24)20(29-15-18-12-8-5-9-13-18)22(26-2)30-23(21,27-3)16-28-14-17-10-6-4-7-11-17/h4-13,19-22,24H,14-16H2,1-3H3/t19-,20+,21+,22+,23+/m0/s1. The molecule has 1 saturated heterocycles. The van der Waals surface area contributed by atoms with Gasteiger partial charge < -0.3 is 33.5 Å². The molecule has 2 aromatic rings. The molecule has 0 aliphatic carbocycles. The zero-order chi connectivity index (χ0) is 21.4. The Balaban J connectivity index is 1.70. The lowest BCUT2D eigenvalue weighted by Gasteiger charge is -2.49. The van der Waals surface area contributed by atoms with Crippen molar-refractivity contribution in [1.29, 1.82) is 0 Å². The summed E-state index contributed by atoms with van der Waals surface area (Å²) in [6, 6.07) is 19.5. The van der Waals surface area contributed by atoms with Gasteiger partial charge in [0.2, 0.25) is 5.79 Å². The van der Waals surface area contributed by atoms with Crippen molar-refractivity contribution in [2.75, 3.05) is 27.9 Å². The molecule has 7 nitrogen and oxygen atoms in total. The SMILES string of the molecule is CO[C@@H]1O[C@@](COCc2ccccc2)(OC)[C@H](OC)[C@@H](O)[C@H]1OCc1ccccc1. The molecule has 0 radical (unpaired) electrons. The Morgan fingerprint density at radius 2 is 1.47 bits per heavy atom. The van der Waals surface area contributed by atoms with Gasteiger partial charge in [-0.05, 0) is 11.1 Å². The molecule has 2 aromatic carbocycles. The molecule has 1 fully saturated rings. The van der Waals surface area contributed by atoms with Crippen LogP contribution in [0.2, 0.25) is 0 Å². The lowest BCUT2D eigenvalue weighted by molar-refractivity contribution is -0.409. The third-order valence-electron chi connectivity index (χ3n) is 5.20. The van der Waals surface area contributed by atoms with Crippen LogP contribution in [0.15, 0.2) is 60.7 Å². The van der Waals surface area contributed by atoms with Crippen LogP contribution in [0.4, 0.5) is 0 Å². The van der Waals surface area contributed by atoms with Gasteiger partial charge in [0.1, 0.15) is 24.9 Å². The summed E-state index contributed by atoms with van der Waals surface area (Å²) in [5, 5.41) is 11.0. The van der Waals surface area contributed by atoms with Gasteiger partial charge in [-0.1, -0.05) is 60.7 Å². The second-order valence-corrected chi connectivity index (χ2v) is 7.12. The fraction of sp³-hybridized carbons (Fsp3) is 0.478. The topological polar surface area (TPSA) is 75.6 Å². The molecule has 0 aromatic heterocycles. The van der Waals surface area contributed by atoms with Crippen molar-refractivity contribution in [3.05, 3.63) is 71.8 Å². The van der Waals surface area contributed by atoms with Crippen LogP contribution in [0.5, 0.6) is 0 Å². The smallest absolute Gasteiger partial charge is 0.223 e. The summed E-state index contributed by atoms with van der Waals surface area (Å²) < 4.78 is 34.6. The summed E-state index contributed by atoms with van der Waals surface area (Å²) in [5.74, 6) is -1.35. The number of aliphatic hydroxyl groups is 1. The van der Waals surface area contributed by atoms with Gasteiger partial charge in [-0.25, -0.2) is 0 Å². The Hall–Kier alpha value is -1.84. The summed E-state index contributed by atoms with van der Waals surface area (Å²) >= 11 is 0. The minimum atomic E-state index is -1.35. The van der Waals surface area contributed by atoms with Crippen LogP contribution in [0, 0.1) is 0 Å². The Bertz CT molecular complexity index is 742. The van der Waals surface area contributed by atoms with E-state index < -0.39 is 30.4 Å². The number of methoxy groups -OCH3 is 3. The zero-order valence-corrected chi connectivity index (χ0v) is 17.6. The third-order valence-corrected chi connectivity index (χ3v) is 5.20. The van der Waals surface area contributed by atoms with Crippen LogP contribution in [-0.4, -0.2) is 63.4 Å². The first-order chi connectivity index (χ1) is 14.6. The number of hydrogen-bond donors (Lipinski definition) is 1. The van der Waals surface area contributed by atoms with Gasteiger partial charge in [0.15, 0.2) is 6.29 Å². The van der Waals surface area contributed by atoms with Gasteiger partial charge in [-0.15, -0.1) is 0 Å². The van der Waals surface area contributed by atoms with E-state index in [1.807, 2.05) is 60.7 Å². The number of aliphatic hydroxyl groups excluding tert-OH is 1. The quantitative estimate of drug-likeness (QED) is 0.635. The van der Waals surface area contributed by atoms with Crippen LogP contribution < -0.4 is 0 Å². The molecule has 1 aliphatic rings. The van der Waals surface area contributed by atoms with E-state index in [1.54, 1.807) is 0 Å². The lowest BCUT2D eigenvalue weighted by atomic mass is 9.95. The van der Waals surface area contributed by atoms with Gasteiger partial charge in [0, 0.05) is 21.3 Å². The maximum atomic E-state index is 11.0. The molecule has 5 atom stereocenters. The highest BCUT2D eigenvalue weighted by molar-refractivity contribution is 5.14. The van der Waals surface area contributed by atoms with Crippen molar-refractivity contribution in [1.82, 2.24) is 0 Å². The van der Waals surface area contributed by atoms with E-state index in [0.717, 1.165) is 11.1 Å². The Kier molecular flexibility index (Phi) is 8.35. The summed E-state index contributed by atoms with van der Waals surface area (Å²) in [6.07, 6.45) is -3.53. The Labute approximate surface area is 177 Å². The molecule has 1 heterocycles. The summed E-state index contributed by atoms with van der Waals surface area (Å²) in [6.45, 7) is 0.708. The van der Waals surface area contributed by atoms with Gasteiger partial charge in [-0.2, -0.15) is 0 Å². The van der Waals surface area contributed by atoms with E-state index in [9.17, 15) is 5.11 Å². The predicted octanol–water partition coefficient (Wildman–Crippen LogP) is 2.51. The molecule has 0 saturated carbocycles. The first kappa shape index (κ1) is 22.8. The Morgan fingerprint density at radius 3 is 2.00 bits per heavy atom.